The van der Waals surface area contributed by atoms with Crippen LogP contribution >= 0.6 is 11.3 Å². The molecular formula is C12H10N2S. The molecule has 0 fully saturated rings. The molecule has 0 unspecified atom stereocenters. The van der Waals surface area contributed by atoms with Crippen LogP contribution in [0.15, 0.2) is 24.5 Å². The van der Waals surface area contributed by atoms with Gasteiger partial charge in [-0.3, -0.25) is 4.98 Å². The molecule has 2 nitrogen and oxygen atoms in total. The summed E-state index contributed by atoms with van der Waals surface area (Å²) in [5.74, 6) is 0. The Morgan fingerprint density at radius 2 is 2.13 bits per heavy atom. The van der Waals surface area contributed by atoms with Crippen molar-refractivity contribution in [2.45, 2.75) is 13.8 Å². The first-order valence-corrected chi connectivity index (χ1v) is 5.68. The van der Waals surface area contributed by atoms with E-state index in [-0.39, 0.29) is 0 Å². The van der Waals surface area contributed by atoms with E-state index in [1.807, 2.05) is 19.3 Å². The van der Waals surface area contributed by atoms with Gasteiger partial charge in [0.05, 0.1) is 4.70 Å². The SMILES string of the molecule is Cc1cc(C)c2c(n1)sc1cnccc12. The Morgan fingerprint density at radius 3 is 3.00 bits per heavy atom. The van der Waals surface area contributed by atoms with Crippen LogP contribution in [0.3, 0.4) is 0 Å². The van der Waals surface area contributed by atoms with Crippen molar-refractivity contribution in [1.82, 2.24) is 9.97 Å². The average Bonchev–Trinajstić information content (AvgIpc) is 2.54. The topological polar surface area (TPSA) is 25.8 Å². The van der Waals surface area contributed by atoms with Crippen LogP contribution in [0.25, 0.3) is 20.3 Å². The molecule has 3 aromatic heterocycles. The van der Waals surface area contributed by atoms with E-state index in [9.17, 15) is 0 Å². The molecular weight excluding hydrogens is 204 g/mol. The molecule has 3 heterocycles. The van der Waals surface area contributed by atoms with E-state index < -0.39 is 0 Å². The van der Waals surface area contributed by atoms with Crippen LogP contribution in [0.1, 0.15) is 11.3 Å². The Bertz CT molecular complexity index is 655. The summed E-state index contributed by atoms with van der Waals surface area (Å²) in [6.07, 6.45) is 3.75. The third-order valence-electron chi connectivity index (χ3n) is 2.57. The lowest BCUT2D eigenvalue weighted by atomic mass is 10.1. The van der Waals surface area contributed by atoms with Gasteiger partial charge in [0.1, 0.15) is 4.83 Å². The van der Waals surface area contributed by atoms with E-state index in [4.69, 9.17) is 0 Å². The second kappa shape index (κ2) is 3.00. The highest BCUT2D eigenvalue weighted by Gasteiger charge is 2.08. The highest BCUT2D eigenvalue weighted by molar-refractivity contribution is 7.25. The van der Waals surface area contributed by atoms with Crippen molar-refractivity contribution in [2.75, 3.05) is 0 Å². The second-order valence-electron chi connectivity index (χ2n) is 3.73. The van der Waals surface area contributed by atoms with Crippen LogP contribution in [-0.4, -0.2) is 9.97 Å². The predicted molar refractivity (Wildman–Crippen MR) is 64.4 cm³/mol. The van der Waals surface area contributed by atoms with Crippen molar-refractivity contribution in [2.24, 2.45) is 0 Å². The molecule has 3 aromatic rings. The van der Waals surface area contributed by atoms with Crippen LogP contribution in [0, 0.1) is 13.8 Å². The number of aromatic nitrogens is 2. The minimum atomic E-state index is 1.08. The van der Waals surface area contributed by atoms with Crippen LogP contribution in [0.2, 0.25) is 0 Å². The summed E-state index contributed by atoms with van der Waals surface area (Å²) < 4.78 is 1.22. The third kappa shape index (κ3) is 1.23. The third-order valence-corrected chi connectivity index (χ3v) is 3.61. The lowest BCUT2D eigenvalue weighted by Crippen LogP contribution is -1.83. The number of rotatable bonds is 0. The van der Waals surface area contributed by atoms with Gasteiger partial charge in [-0.1, -0.05) is 0 Å². The van der Waals surface area contributed by atoms with Crippen LogP contribution in [0.4, 0.5) is 0 Å². The lowest BCUT2D eigenvalue weighted by molar-refractivity contribution is 1.25. The Hall–Kier alpha value is -1.48. The first kappa shape index (κ1) is 8.80. The molecule has 0 amide bonds. The lowest BCUT2D eigenvalue weighted by Gasteiger charge is -1.98. The minimum absolute atomic E-state index is 1.08. The molecule has 0 atom stereocenters. The van der Waals surface area contributed by atoms with E-state index in [0.29, 0.717) is 0 Å². The van der Waals surface area contributed by atoms with Gasteiger partial charge in [0.2, 0.25) is 0 Å². The summed E-state index contributed by atoms with van der Waals surface area (Å²) in [4.78, 5) is 9.83. The predicted octanol–water partition coefficient (Wildman–Crippen LogP) is 3.46. The van der Waals surface area contributed by atoms with Gasteiger partial charge in [0.25, 0.3) is 0 Å². The molecule has 0 bridgehead atoms. The van der Waals surface area contributed by atoms with Crippen molar-refractivity contribution >= 4 is 31.6 Å². The Labute approximate surface area is 91.6 Å². The molecule has 0 aliphatic heterocycles. The largest absolute Gasteiger partial charge is 0.263 e. The summed E-state index contributed by atoms with van der Waals surface area (Å²) in [6, 6.07) is 4.20. The smallest absolute Gasteiger partial charge is 0.125 e. The van der Waals surface area contributed by atoms with E-state index in [2.05, 4.69) is 29.0 Å². The fourth-order valence-corrected chi connectivity index (χ4v) is 3.14. The van der Waals surface area contributed by atoms with Crippen LogP contribution < -0.4 is 0 Å². The number of nitrogens with zero attached hydrogens (tertiary/aromatic N) is 2. The summed E-state index contributed by atoms with van der Waals surface area (Å²) >= 11 is 1.72. The molecule has 0 saturated carbocycles. The van der Waals surface area contributed by atoms with E-state index >= 15 is 0 Å². The number of hydrogen-bond acceptors (Lipinski definition) is 3. The number of aryl methyl sites for hydroxylation is 2. The average molecular weight is 214 g/mol. The number of fused-ring (bicyclic) bond motifs is 3. The van der Waals surface area contributed by atoms with E-state index in [1.165, 1.54) is 21.0 Å². The highest BCUT2D eigenvalue weighted by Crippen LogP contribution is 2.33. The zero-order valence-electron chi connectivity index (χ0n) is 8.61. The zero-order valence-corrected chi connectivity index (χ0v) is 9.43. The zero-order chi connectivity index (χ0) is 10.4. The van der Waals surface area contributed by atoms with Gasteiger partial charge in [0, 0.05) is 28.9 Å². The monoisotopic (exact) mass is 214 g/mol. The Kier molecular flexibility index (Phi) is 1.76. The minimum Gasteiger partial charge on any atom is -0.263 e. The van der Waals surface area contributed by atoms with Crippen LogP contribution in [-0.2, 0) is 0 Å². The van der Waals surface area contributed by atoms with E-state index in [0.717, 1.165) is 10.5 Å². The van der Waals surface area contributed by atoms with Crippen molar-refractivity contribution in [3.05, 3.63) is 35.8 Å². The fourth-order valence-electron chi connectivity index (χ4n) is 1.98. The molecule has 74 valence electrons. The molecule has 0 spiro atoms. The molecule has 15 heavy (non-hydrogen) atoms. The first-order chi connectivity index (χ1) is 7.25. The molecule has 3 heteroatoms. The van der Waals surface area contributed by atoms with Gasteiger partial charge in [-0.2, -0.15) is 0 Å². The van der Waals surface area contributed by atoms with Crippen molar-refractivity contribution in [1.29, 1.82) is 0 Å². The maximum atomic E-state index is 4.56. The Balaban J connectivity index is 2.61. The molecule has 0 aromatic carbocycles. The van der Waals surface area contributed by atoms with Crippen molar-refractivity contribution in [3.8, 4) is 0 Å². The summed E-state index contributed by atoms with van der Waals surface area (Å²) in [5.41, 5.74) is 2.38. The van der Waals surface area contributed by atoms with E-state index in [1.54, 1.807) is 11.3 Å². The normalized spacial score (nSPS) is 11.3. The molecule has 0 saturated heterocycles. The molecule has 3 rings (SSSR count). The first-order valence-electron chi connectivity index (χ1n) is 4.86. The molecule has 0 N–H and O–H groups in total. The van der Waals surface area contributed by atoms with Gasteiger partial charge in [0.15, 0.2) is 0 Å². The van der Waals surface area contributed by atoms with Gasteiger partial charge < -0.3 is 0 Å². The standard InChI is InChI=1S/C12H10N2S/c1-7-5-8(2)14-12-11(7)9-3-4-13-6-10(9)15-12/h3-6H,1-2H3. The van der Waals surface area contributed by atoms with Gasteiger partial charge in [-0.25, -0.2) is 4.98 Å². The molecule has 0 aliphatic rings. The van der Waals surface area contributed by atoms with Crippen LogP contribution in [0.5, 0.6) is 0 Å². The van der Waals surface area contributed by atoms with Gasteiger partial charge in [-0.15, -0.1) is 11.3 Å². The number of pyridine rings is 2. The summed E-state index contributed by atoms with van der Waals surface area (Å²) in [5, 5.41) is 2.55. The van der Waals surface area contributed by atoms with Gasteiger partial charge >= 0.3 is 0 Å². The summed E-state index contributed by atoms with van der Waals surface area (Å²) in [6.45, 7) is 4.18. The maximum Gasteiger partial charge on any atom is 0.125 e. The second-order valence-corrected chi connectivity index (χ2v) is 4.77. The molecule has 0 aliphatic carbocycles. The van der Waals surface area contributed by atoms with Crippen molar-refractivity contribution < 1.29 is 0 Å². The summed E-state index contributed by atoms with van der Waals surface area (Å²) in [7, 11) is 0. The number of hydrogen-bond donors (Lipinski definition) is 0. The Morgan fingerprint density at radius 1 is 1.27 bits per heavy atom. The molecule has 0 radical (unpaired) electrons. The quantitative estimate of drug-likeness (QED) is 0.572. The number of thiophene rings is 1. The fraction of sp³-hybridized carbons (Fsp3) is 0.167. The van der Waals surface area contributed by atoms with Gasteiger partial charge in [-0.05, 0) is 31.5 Å². The van der Waals surface area contributed by atoms with Crippen molar-refractivity contribution in [3.63, 3.8) is 0 Å². The highest BCUT2D eigenvalue weighted by atomic mass is 32.1. The maximum absolute atomic E-state index is 4.56.